The van der Waals surface area contributed by atoms with Gasteiger partial charge in [-0.1, -0.05) is 6.92 Å². The van der Waals surface area contributed by atoms with Crippen LogP contribution in [0, 0.1) is 6.92 Å². The number of aromatic nitrogens is 5. The van der Waals surface area contributed by atoms with Crippen molar-refractivity contribution >= 4 is 11.9 Å². The average Bonchev–Trinajstić information content (AvgIpc) is 3.11. The van der Waals surface area contributed by atoms with E-state index in [4.69, 9.17) is 0 Å². The Morgan fingerprint density at radius 2 is 2.24 bits per heavy atom. The number of carbonyl (C=O) groups is 1. The zero-order valence-electron chi connectivity index (χ0n) is 12.6. The summed E-state index contributed by atoms with van der Waals surface area (Å²) in [5, 5.41) is 11.3. The summed E-state index contributed by atoms with van der Waals surface area (Å²) >= 11 is 0. The van der Waals surface area contributed by atoms with Gasteiger partial charge in [-0.05, 0) is 26.2 Å². The second kappa shape index (κ2) is 5.31. The number of hydrogen-bond acceptors (Lipinski definition) is 4. The Labute approximate surface area is 123 Å². The molecule has 7 heteroatoms. The number of nitrogens with one attached hydrogen (secondary N) is 1. The van der Waals surface area contributed by atoms with Crippen molar-refractivity contribution in [1.29, 1.82) is 0 Å². The summed E-state index contributed by atoms with van der Waals surface area (Å²) in [4.78, 5) is 16.7. The molecule has 2 heterocycles. The van der Waals surface area contributed by atoms with E-state index >= 15 is 0 Å². The Hall–Kier alpha value is -2.18. The molecule has 1 aliphatic rings. The number of aryl methyl sites for hydroxylation is 3. The number of anilines is 1. The van der Waals surface area contributed by atoms with Crippen molar-refractivity contribution in [2.24, 2.45) is 7.05 Å². The third kappa shape index (κ3) is 2.68. The van der Waals surface area contributed by atoms with Gasteiger partial charge in [0.1, 0.15) is 5.82 Å². The standard InChI is InChI=1S/C14H20N6O/c1-4-7-20-12(10-5-6-10)11(8-15-20)13(21)17-14-16-9(2)19(3)18-14/h8,10H,4-7H2,1-3H3,(H,17,18,21). The lowest BCUT2D eigenvalue weighted by Gasteiger charge is -2.07. The highest BCUT2D eigenvalue weighted by molar-refractivity contribution is 6.04. The Morgan fingerprint density at radius 1 is 1.48 bits per heavy atom. The normalized spacial score (nSPS) is 14.4. The first kappa shape index (κ1) is 13.8. The predicted octanol–water partition coefficient (Wildman–Crippen LogP) is 1.86. The molecule has 3 rings (SSSR count). The zero-order valence-corrected chi connectivity index (χ0v) is 12.6. The van der Waals surface area contributed by atoms with Crippen molar-refractivity contribution in [2.75, 3.05) is 5.32 Å². The maximum Gasteiger partial charge on any atom is 0.261 e. The molecule has 0 aromatic carbocycles. The van der Waals surface area contributed by atoms with Gasteiger partial charge in [-0.15, -0.1) is 5.10 Å². The average molecular weight is 288 g/mol. The van der Waals surface area contributed by atoms with Crippen LogP contribution in [-0.2, 0) is 13.6 Å². The monoisotopic (exact) mass is 288 g/mol. The molecule has 2 aromatic rings. The zero-order chi connectivity index (χ0) is 15.0. The van der Waals surface area contributed by atoms with Crippen LogP contribution in [-0.4, -0.2) is 30.5 Å². The lowest BCUT2D eigenvalue weighted by atomic mass is 10.1. The van der Waals surface area contributed by atoms with E-state index in [0.717, 1.165) is 37.3 Å². The largest absolute Gasteiger partial charge is 0.289 e. The molecule has 0 aliphatic heterocycles. The molecule has 1 aliphatic carbocycles. The molecular formula is C14H20N6O. The van der Waals surface area contributed by atoms with Crippen molar-refractivity contribution in [3.8, 4) is 0 Å². The van der Waals surface area contributed by atoms with Gasteiger partial charge in [0.15, 0.2) is 0 Å². The third-order valence-electron chi connectivity index (χ3n) is 3.73. The van der Waals surface area contributed by atoms with Crippen molar-refractivity contribution in [3.63, 3.8) is 0 Å². The highest BCUT2D eigenvalue weighted by Crippen LogP contribution is 2.41. The molecule has 2 aromatic heterocycles. The summed E-state index contributed by atoms with van der Waals surface area (Å²) in [7, 11) is 1.80. The number of carbonyl (C=O) groups excluding carboxylic acids is 1. The van der Waals surface area contributed by atoms with Crippen molar-refractivity contribution in [3.05, 3.63) is 23.3 Å². The molecule has 0 atom stereocenters. The van der Waals surface area contributed by atoms with E-state index in [-0.39, 0.29) is 5.91 Å². The molecule has 0 bridgehead atoms. The van der Waals surface area contributed by atoms with E-state index < -0.39 is 0 Å². The summed E-state index contributed by atoms with van der Waals surface area (Å²) in [6, 6.07) is 0. The van der Waals surface area contributed by atoms with E-state index in [9.17, 15) is 4.79 Å². The first-order valence-electron chi connectivity index (χ1n) is 7.34. The second-order valence-electron chi connectivity index (χ2n) is 5.50. The van der Waals surface area contributed by atoms with E-state index in [2.05, 4.69) is 27.4 Å². The van der Waals surface area contributed by atoms with Crippen LogP contribution in [0.25, 0.3) is 0 Å². The van der Waals surface area contributed by atoms with Gasteiger partial charge < -0.3 is 0 Å². The Kier molecular flexibility index (Phi) is 3.48. The van der Waals surface area contributed by atoms with Crippen LogP contribution in [0.1, 0.15) is 54.0 Å². The molecule has 1 fully saturated rings. The van der Waals surface area contributed by atoms with Gasteiger partial charge in [-0.25, -0.2) is 0 Å². The quantitative estimate of drug-likeness (QED) is 0.911. The van der Waals surface area contributed by atoms with E-state index in [0.29, 0.717) is 17.4 Å². The van der Waals surface area contributed by atoms with Crippen LogP contribution in [0.15, 0.2) is 6.20 Å². The Morgan fingerprint density at radius 3 is 2.81 bits per heavy atom. The topological polar surface area (TPSA) is 77.6 Å². The molecule has 1 N–H and O–H groups in total. The minimum atomic E-state index is -0.176. The maximum atomic E-state index is 12.5. The summed E-state index contributed by atoms with van der Waals surface area (Å²) < 4.78 is 3.60. The lowest BCUT2D eigenvalue weighted by Crippen LogP contribution is -2.15. The summed E-state index contributed by atoms with van der Waals surface area (Å²) in [5.41, 5.74) is 1.71. The van der Waals surface area contributed by atoms with Gasteiger partial charge in [0.05, 0.1) is 17.5 Å². The molecule has 1 saturated carbocycles. The fourth-order valence-corrected chi connectivity index (χ4v) is 2.43. The van der Waals surface area contributed by atoms with Gasteiger partial charge >= 0.3 is 0 Å². The first-order valence-corrected chi connectivity index (χ1v) is 7.34. The molecule has 0 spiro atoms. The number of amides is 1. The molecule has 0 unspecified atom stereocenters. The second-order valence-corrected chi connectivity index (χ2v) is 5.50. The minimum Gasteiger partial charge on any atom is -0.289 e. The van der Waals surface area contributed by atoms with E-state index in [1.165, 1.54) is 0 Å². The molecule has 7 nitrogen and oxygen atoms in total. The Bertz CT molecular complexity index is 648. The van der Waals surface area contributed by atoms with Gasteiger partial charge in [0, 0.05) is 19.5 Å². The van der Waals surface area contributed by atoms with Crippen molar-refractivity contribution < 1.29 is 4.79 Å². The van der Waals surface area contributed by atoms with Crippen LogP contribution in [0.3, 0.4) is 0 Å². The molecule has 112 valence electrons. The third-order valence-corrected chi connectivity index (χ3v) is 3.73. The SMILES string of the molecule is CCCn1ncc(C(=O)Nc2nc(C)n(C)n2)c1C1CC1. The number of hydrogen-bond donors (Lipinski definition) is 1. The highest BCUT2D eigenvalue weighted by atomic mass is 16.1. The van der Waals surface area contributed by atoms with Gasteiger partial charge in [-0.3, -0.25) is 19.5 Å². The van der Waals surface area contributed by atoms with Crippen molar-refractivity contribution in [1.82, 2.24) is 24.5 Å². The smallest absolute Gasteiger partial charge is 0.261 e. The minimum absolute atomic E-state index is 0.176. The van der Waals surface area contributed by atoms with Crippen LogP contribution >= 0.6 is 0 Å². The van der Waals surface area contributed by atoms with Crippen LogP contribution in [0.2, 0.25) is 0 Å². The molecule has 21 heavy (non-hydrogen) atoms. The number of nitrogens with zero attached hydrogens (tertiary/aromatic N) is 5. The van der Waals surface area contributed by atoms with Gasteiger partial charge in [0.2, 0.25) is 5.95 Å². The van der Waals surface area contributed by atoms with E-state index in [1.807, 2.05) is 11.6 Å². The molecule has 1 amide bonds. The van der Waals surface area contributed by atoms with E-state index in [1.54, 1.807) is 17.9 Å². The number of rotatable bonds is 5. The lowest BCUT2D eigenvalue weighted by molar-refractivity contribution is 0.102. The summed E-state index contributed by atoms with van der Waals surface area (Å²) in [6.07, 6.45) is 4.94. The Balaban J connectivity index is 1.84. The fraction of sp³-hybridized carbons (Fsp3) is 0.571. The summed E-state index contributed by atoms with van der Waals surface area (Å²) in [6.45, 7) is 4.80. The van der Waals surface area contributed by atoms with Crippen molar-refractivity contribution in [2.45, 2.75) is 45.6 Å². The van der Waals surface area contributed by atoms with Crippen LogP contribution in [0.5, 0.6) is 0 Å². The van der Waals surface area contributed by atoms with Crippen LogP contribution < -0.4 is 5.32 Å². The molecule has 0 saturated heterocycles. The highest BCUT2D eigenvalue weighted by Gasteiger charge is 2.32. The molecule has 0 radical (unpaired) electrons. The maximum absolute atomic E-state index is 12.5. The van der Waals surface area contributed by atoms with Crippen LogP contribution in [0.4, 0.5) is 5.95 Å². The fourth-order valence-electron chi connectivity index (χ4n) is 2.43. The van der Waals surface area contributed by atoms with Gasteiger partial charge in [0.25, 0.3) is 5.91 Å². The van der Waals surface area contributed by atoms with Gasteiger partial charge in [-0.2, -0.15) is 10.1 Å². The summed E-state index contributed by atoms with van der Waals surface area (Å²) in [5.74, 6) is 1.39. The predicted molar refractivity (Wildman–Crippen MR) is 78.2 cm³/mol. The molecular weight excluding hydrogens is 268 g/mol. The first-order chi connectivity index (χ1) is 10.1.